The molecule has 1 heterocycles. The number of hydrazine groups is 1. The Hall–Kier alpha value is -2.37. The fourth-order valence-electron chi connectivity index (χ4n) is 3.36. The van der Waals surface area contributed by atoms with Crippen molar-refractivity contribution in [1.29, 1.82) is 0 Å². The minimum Gasteiger partial charge on any atom is -0.374 e. The number of hydrogen-bond donors (Lipinski definition) is 2. The van der Waals surface area contributed by atoms with E-state index in [0.29, 0.717) is 0 Å². The Morgan fingerprint density at radius 2 is 1.71 bits per heavy atom. The molecule has 14 heteroatoms. The van der Waals surface area contributed by atoms with Crippen LogP contribution in [0.3, 0.4) is 0 Å². The molecule has 0 saturated heterocycles. The summed E-state index contributed by atoms with van der Waals surface area (Å²) in [5.74, 6) is -6.60. The van der Waals surface area contributed by atoms with Gasteiger partial charge >= 0.3 is 6.18 Å². The molecule has 2 N–H and O–H groups in total. The van der Waals surface area contributed by atoms with Crippen LogP contribution in [-0.4, -0.2) is 23.7 Å². The van der Waals surface area contributed by atoms with E-state index in [2.05, 4.69) is 16.0 Å². The van der Waals surface area contributed by atoms with E-state index < -0.39 is 63.8 Å². The number of carbonyl (C=O) groups excluding carboxylic acids is 1. The zero-order valence-electron chi connectivity index (χ0n) is 16.5. The average Bonchev–Trinajstić information content (AvgIpc) is 3.17. The molecular formula is C20H12Cl3F6N3O2. The average molecular weight is 547 g/mol. The van der Waals surface area contributed by atoms with Gasteiger partial charge in [0.15, 0.2) is 5.82 Å². The van der Waals surface area contributed by atoms with Gasteiger partial charge in [0.1, 0.15) is 5.92 Å². The maximum absolute atomic E-state index is 14.1. The van der Waals surface area contributed by atoms with Gasteiger partial charge in [-0.2, -0.15) is 13.2 Å². The summed E-state index contributed by atoms with van der Waals surface area (Å²) in [5.41, 5.74) is 0.911. The molecule has 182 valence electrons. The monoisotopic (exact) mass is 545 g/mol. The largest absolute Gasteiger partial charge is 0.435 e. The van der Waals surface area contributed by atoms with Gasteiger partial charge in [0.05, 0.1) is 26.5 Å². The third-order valence-corrected chi connectivity index (χ3v) is 6.28. The summed E-state index contributed by atoms with van der Waals surface area (Å²) in [7, 11) is 0. The first kappa shape index (κ1) is 24.7. The molecule has 1 amide bonds. The van der Waals surface area contributed by atoms with E-state index in [9.17, 15) is 31.1 Å². The topological polar surface area (TPSA) is 62.7 Å². The molecule has 0 unspecified atom stereocenters. The Labute approximate surface area is 202 Å². The second-order valence-electron chi connectivity index (χ2n) is 7.71. The Kier molecular flexibility index (Phi) is 6.10. The fourth-order valence-corrected chi connectivity index (χ4v) is 4.01. The lowest BCUT2D eigenvalue weighted by atomic mass is 9.86. The summed E-state index contributed by atoms with van der Waals surface area (Å²) in [4.78, 5) is 16.6. The highest BCUT2D eigenvalue weighted by Gasteiger charge is 2.63. The third-order valence-electron chi connectivity index (χ3n) is 5.40. The van der Waals surface area contributed by atoms with E-state index in [4.69, 9.17) is 39.6 Å². The summed E-state index contributed by atoms with van der Waals surface area (Å²) in [5, 5.41) is 2.36. The predicted molar refractivity (Wildman–Crippen MR) is 113 cm³/mol. The zero-order chi connectivity index (χ0) is 25.1. The van der Waals surface area contributed by atoms with E-state index in [0.717, 1.165) is 12.1 Å². The van der Waals surface area contributed by atoms with Crippen LogP contribution in [0.4, 0.5) is 32.0 Å². The zero-order valence-corrected chi connectivity index (χ0v) is 18.8. The highest BCUT2D eigenvalue weighted by Crippen LogP contribution is 2.50. The van der Waals surface area contributed by atoms with Crippen molar-refractivity contribution < 1.29 is 36.0 Å². The first-order valence-electron chi connectivity index (χ1n) is 9.45. The van der Waals surface area contributed by atoms with Crippen molar-refractivity contribution in [3.63, 3.8) is 0 Å². The molecule has 1 aliphatic carbocycles. The van der Waals surface area contributed by atoms with Crippen LogP contribution in [0.15, 0.2) is 35.5 Å². The first-order chi connectivity index (χ1) is 15.7. The molecule has 2 atom stereocenters. The van der Waals surface area contributed by atoms with Crippen molar-refractivity contribution in [2.75, 3.05) is 5.43 Å². The Balaban J connectivity index is 1.59. The maximum Gasteiger partial charge on any atom is 0.435 e. The van der Waals surface area contributed by atoms with Crippen LogP contribution in [0.1, 0.15) is 24.0 Å². The number of amides is 1. The lowest BCUT2D eigenvalue weighted by Gasteiger charge is -2.29. The van der Waals surface area contributed by atoms with E-state index in [1.165, 1.54) is 18.2 Å². The van der Waals surface area contributed by atoms with Crippen molar-refractivity contribution in [3.8, 4) is 0 Å². The lowest BCUT2D eigenvalue weighted by Crippen LogP contribution is -2.42. The molecule has 5 nitrogen and oxygen atoms in total. The molecular weight excluding hydrogens is 535 g/mol. The van der Waals surface area contributed by atoms with Gasteiger partial charge in [-0.15, -0.1) is 0 Å². The molecule has 0 bridgehead atoms. The maximum atomic E-state index is 14.1. The molecule has 1 fully saturated rings. The van der Waals surface area contributed by atoms with Gasteiger partial charge in [-0.1, -0.05) is 46.0 Å². The molecule has 0 radical (unpaired) electrons. The number of rotatable bonds is 5. The minimum atomic E-state index is -5.00. The number of halogens is 9. The standard InChI is InChI=1S/C20H12Cl3F6N3O2/c21-11-2-1-8(3-14(11)30-31-17(33)10-6-19(10,25)26)15-7-18(34-32-15,20(27,28)29)9-4-12(22)16(24)13(23)5-9/h1-5,10,30H,6-7H2,(H,31,33)/t10-,18+/m1/s1. The van der Waals surface area contributed by atoms with E-state index in [1.54, 1.807) is 0 Å². The highest BCUT2D eigenvalue weighted by molar-refractivity contribution is 6.35. The van der Waals surface area contributed by atoms with Crippen LogP contribution in [0, 0.1) is 11.7 Å². The summed E-state index contributed by atoms with van der Waals surface area (Å²) < 4.78 is 82.2. The molecule has 0 aromatic heterocycles. The molecule has 2 aromatic rings. The SMILES string of the molecule is O=C(NNc1cc(C2=NO[C@@](c3cc(Cl)c(F)c(Cl)c3)(C(F)(F)F)C2)ccc1Cl)[C@H]1CC1(F)F. The van der Waals surface area contributed by atoms with E-state index >= 15 is 0 Å². The van der Waals surface area contributed by atoms with Gasteiger partial charge in [-0.25, -0.2) is 13.2 Å². The number of oxime groups is 1. The predicted octanol–water partition coefficient (Wildman–Crippen LogP) is 6.47. The number of alkyl halides is 5. The highest BCUT2D eigenvalue weighted by atomic mass is 35.5. The molecule has 1 saturated carbocycles. The van der Waals surface area contributed by atoms with Gasteiger partial charge in [-0.05, 0) is 24.3 Å². The Morgan fingerprint density at radius 1 is 1.09 bits per heavy atom. The molecule has 4 rings (SSSR count). The number of carbonyl (C=O) groups is 1. The number of anilines is 1. The molecule has 2 aliphatic rings. The van der Waals surface area contributed by atoms with Gasteiger partial charge in [0.25, 0.3) is 11.5 Å². The Morgan fingerprint density at radius 3 is 2.26 bits per heavy atom. The minimum absolute atomic E-state index is 0.0246. The lowest BCUT2D eigenvalue weighted by molar-refractivity contribution is -0.275. The smallest absolute Gasteiger partial charge is 0.374 e. The summed E-state index contributed by atoms with van der Waals surface area (Å²) in [6.45, 7) is 0. The molecule has 0 spiro atoms. The van der Waals surface area contributed by atoms with Crippen LogP contribution in [-0.2, 0) is 15.2 Å². The Bertz CT molecular complexity index is 1180. The molecule has 34 heavy (non-hydrogen) atoms. The number of nitrogens with one attached hydrogen (secondary N) is 2. The van der Waals surface area contributed by atoms with Gasteiger partial charge in [0.2, 0.25) is 5.91 Å². The number of nitrogens with zero attached hydrogens (tertiary/aromatic N) is 1. The normalized spacial score (nSPS) is 23.2. The molecule has 1 aliphatic heterocycles. The van der Waals surface area contributed by atoms with E-state index in [-0.39, 0.29) is 22.0 Å². The quantitative estimate of drug-likeness (QED) is 0.257. The van der Waals surface area contributed by atoms with Crippen LogP contribution < -0.4 is 10.9 Å². The number of benzene rings is 2. The summed E-state index contributed by atoms with van der Waals surface area (Å²) >= 11 is 17.4. The van der Waals surface area contributed by atoms with Crippen LogP contribution in [0.25, 0.3) is 0 Å². The number of hydrogen-bond acceptors (Lipinski definition) is 4. The van der Waals surface area contributed by atoms with Crippen molar-refractivity contribution >= 4 is 52.1 Å². The van der Waals surface area contributed by atoms with Crippen LogP contribution in [0.2, 0.25) is 15.1 Å². The van der Waals surface area contributed by atoms with Gasteiger partial charge in [0, 0.05) is 24.0 Å². The summed E-state index contributed by atoms with van der Waals surface area (Å²) in [6.07, 6.45) is -6.41. The van der Waals surface area contributed by atoms with Gasteiger partial charge in [-0.3, -0.25) is 15.6 Å². The summed E-state index contributed by atoms with van der Waals surface area (Å²) in [6, 6.07) is 5.43. The second-order valence-corrected chi connectivity index (χ2v) is 8.93. The van der Waals surface area contributed by atoms with E-state index in [1.807, 2.05) is 0 Å². The van der Waals surface area contributed by atoms with Crippen LogP contribution >= 0.6 is 34.8 Å². The van der Waals surface area contributed by atoms with Crippen LogP contribution in [0.5, 0.6) is 0 Å². The first-order valence-corrected chi connectivity index (χ1v) is 10.6. The van der Waals surface area contributed by atoms with Crippen molar-refractivity contribution in [2.24, 2.45) is 11.1 Å². The van der Waals surface area contributed by atoms with Crippen molar-refractivity contribution in [3.05, 3.63) is 62.3 Å². The van der Waals surface area contributed by atoms with Crippen molar-refractivity contribution in [2.45, 2.75) is 30.5 Å². The fraction of sp³-hybridized carbons (Fsp3) is 0.300. The molecule has 2 aromatic carbocycles. The van der Waals surface area contributed by atoms with Gasteiger partial charge < -0.3 is 4.84 Å². The third kappa shape index (κ3) is 4.36. The second kappa shape index (κ2) is 8.39. The van der Waals surface area contributed by atoms with Crippen molar-refractivity contribution in [1.82, 2.24) is 5.43 Å².